The smallest absolute Gasteiger partial charge is 0.327 e. The van der Waals surface area contributed by atoms with E-state index in [1.54, 1.807) is 38.5 Å². The predicted octanol–water partition coefficient (Wildman–Crippen LogP) is 3.48. The van der Waals surface area contributed by atoms with Crippen molar-refractivity contribution in [1.29, 1.82) is 0 Å². The van der Waals surface area contributed by atoms with E-state index in [4.69, 9.17) is 5.11 Å². The number of carboxylic acids is 1. The second-order valence-corrected chi connectivity index (χ2v) is 6.27. The highest BCUT2D eigenvalue weighted by atomic mass is 16.4. The highest BCUT2D eigenvalue weighted by Gasteiger charge is 2.48. The third kappa shape index (κ3) is 2.47. The first-order valence-corrected chi connectivity index (χ1v) is 6.36. The number of carbonyl (C=O) groups is 1. The fourth-order valence-corrected chi connectivity index (χ4v) is 4.54. The molecule has 1 N–H and O–H groups in total. The van der Waals surface area contributed by atoms with E-state index < -0.39 is 5.97 Å². The minimum absolute atomic E-state index is 0.800. The molecule has 4 saturated carbocycles. The van der Waals surface area contributed by atoms with Gasteiger partial charge in [-0.15, -0.1) is 0 Å². The van der Waals surface area contributed by atoms with Gasteiger partial charge in [0.1, 0.15) is 0 Å². The van der Waals surface area contributed by atoms with E-state index in [0.29, 0.717) is 0 Å². The van der Waals surface area contributed by atoms with Gasteiger partial charge in [0.05, 0.1) is 0 Å². The van der Waals surface area contributed by atoms with Gasteiger partial charge < -0.3 is 5.11 Å². The summed E-state index contributed by atoms with van der Waals surface area (Å²) in [4.78, 5) is 9.25. The zero-order valence-electron chi connectivity index (χ0n) is 10.1. The van der Waals surface area contributed by atoms with Crippen molar-refractivity contribution in [2.75, 3.05) is 0 Å². The molecule has 4 rings (SSSR count). The van der Waals surface area contributed by atoms with E-state index in [9.17, 15) is 4.79 Å². The molecule has 90 valence electrons. The lowest BCUT2D eigenvalue weighted by Gasteiger charge is -2.55. The molecule has 0 spiro atoms. The van der Waals surface area contributed by atoms with Crippen LogP contribution in [0.5, 0.6) is 0 Å². The number of hydrogen-bond acceptors (Lipinski definition) is 1. The largest absolute Gasteiger partial charge is 0.478 e. The molecule has 4 fully saturated rings. The van der Waals surface area contributed by atoms with Crippen molar-refractivity contribution in [2.45, 2.75) is 45.4 Å². The molecule has 0 radical (unpaired) electrons. The lowest BCUT2D eigenvalue weighted by molar-refractivity contribution is -0.131. The van der Waals surface area contributed by atoms with Crippen LogP contribution in [0.2, 0.25) is 0 Å². The van der Waals surface area contributed by atoms with Gasteiger partial charge in [-0.2, -0.15) is 0 Å². The van der Waals surface area contributed by atoms with Gasteiger partial charge in [0.25, 0.3) is 0 Å². The van der Waals surface area contributed by atoms with Crippen molar-refractivity contribution in [3.8, 4) is 0 Å². The van der Waals surface area contributed by atoms with Crippen molar-refractivity contribution < 1.29 is 9.90 Å². The summed E-state index contributed by atoms with van der Waals surface area (Å²) >= 11 is 0. The Morgan fingerprint density at radius 1 is 1.19 bits per heavy atom. The molecule has 2 nitrogen and oxygen atoms in total. The molecular weight excluding hydrogens is 200 g/mol. The summed E-state index contributed by atoms with van der Waals surface area (Å²) in [5.41, 5.74) is 0.800. The number of rotatable bonds is 1. The maximum absolute atomic E-state index is 9.25. The standard InChI is InChI=1S/C11H18.C3H4O2/c1-11-5-8-2-9(6-11)4-10(3-8)7-11;1-2-3(4)5/h8-10H,2-7H2,1H3;2H,1H2,(H,4,5). The van der Waals surface area contributed by atoms with Crippen LogP contribution in [-0.2, 0) is 4.79 Å². The van der Waals surface area contributed by atoms with E-state index >= 15 is 0 Å². The van der Waals surface area contributed by atoms with E-state index in [0.717, 1.165) is 29.2 Å². The summed E-state index contributed by atoms with van der Waals surface area (Å²) in [7, 11) is 0. The second kappa shape index (κ2) is 4.23. The Morgan fingerprint density at radius 2 is 1.50 bits per heavy atom. The van der Waals surface area contributed by atoms with E-state index in [-0.39, 0.29) is 0 Å². The number of aliphatic carboxylic acids is 1. The van der Waals surface area contributed by atoms with Crippen molar-refractivity contribution in [2.24, 2.45) is 23.2 Å². The topological polar surface area (TPSA) is 37.3 Å². The maximum Gasteiger partial charge on any atom is 0.327 e. The van der Waals surface area contributed by atoms with Crippen LogP contribution in [0.3, 0.4) is 0 Å². The van der Waals surface area contributed by atoms with Crippen LogP contribution in [0.25, 0.3) is 0 Å². The highest BCUT2D eigenvalue weighted by molar-refractivity contribution is 5.78. The number of hydrogen-bond donors (Lipinski definition) is 1. The molecule has 4 bridgehead atoms. The highest BCUT2D eigenvalue weighted by Crippen LogP contribution is 2.59. The maximum atomic E-state index is 9.25. The molecule has 4 aliphatic rings. The Kier molecular flexibility index (Phi) is 3.09. The van der Waals surface area contributed by atoms with Gasteiger partial charge >= 0.3 is 5.97 Å². The normalized spacial score (nSPS) is 43.4. The van der Waals surface area contributed by atoms with Gasteiger partial charge in [-0.05, 0) is 61.7 Å². The lowest BCUT2D eigenvalue weighted by atomic mass is 9.50. The van der Waals surface area contributed by atoms with Crippen molar-refractivity contribution >= 4 is 5.97 Å². The molecule has 0 unspecified atom stereocenters. The second-order valence-electron chi connectivity index (χ2n) is 6.27. The summed E-state index contributed by atoms with van der Waals surface area (Å²) in [6.45, 7) is 5.50. The van der Waals surface area contributed by atoms with Gasteiger partial charge in [0, 0.05) is 6.08 Å². The molecule has 0 aliphatic heterocycles. The van der Waals surface area contributed by atoms with Crippen LogP contribution >= 0.6 is 0 Å². The predicted molar refractivity (Wildman–Crippen MR) is 64.1 cm³/mol. The third-order valence-electron chi connectivity index (χ3n) is 4.52. The van der Waals surface area contributed by atoms with Crippen LogP contribution in [0.4, 0.5) is 0 Å². The molecule has 0 saturated heterocycles. The van der Waals surface area contributed by atoms with E-state index in [1.807, 2.05) is 0 Å². The summed E-state index contributed by atoms with van der Waals surface area (Å²) in [6.07, 6.45) is 10.3. The fourth-order valence-electron chi connectivity index (χ4n) is 4.54. The molecule has 0 heterocycles. The molecule has 2 heteroatoms. The third-order valence-corrected chi connectivity index (χ3v) is 4.52. The van der Waals surface area contributed by atoms with Crippen molar-refractivity contribution in [3.63, 3.8) is 0 Å². The first-order chi connectivity index (χ1) is 7.50. The average molecular weight is 222 g/mol. The Hall–Kier alpha value is -0.790. The van der Waals surface area contributed by atoms with Gasteiger partial charge in [0.2, 0.25) is 0 Å². The van der Waals surface area contributed by atoms with Crippen LogP contribution < -0.4 is 0 Å². The monoisotopic (exact) mass is 222 g/mol. The summed E-state index contributed by atoms with van der Waals surface area (Å²) in [6, 6.07) is 0. The molecular formula is C14H22O2. The first-order valence-electron chi connectivity index (χ1n) is 6.36. The quantitative estimate of drug-likeness (QED) is 0.690. The molecule has 0 atom stereocenters. The Balaban J connectivity index is 0.000000168. The molecule has 0 aromatic carbocycles. The SMILES string of the molecule is C=CC(=O)O.CC12CC3CC(CC(C3)C1)C2. The number of carboxylic acid groups (broad SMARTS) is 1. The summed E-state index contributed by atoms with van der Waals surface area (Å²) < 4.78 is 0. The Bertz CT molecular complexity index is 258. The van der Waals surface area contributed by atoms with Gasteiger partial charge in [-0.25, -0.2) is 4.79 Å². The molecule has 0 amide bonds. The van der Waals surface area contributed by atoms with Crippen molar-refractivity contribution in [1.82, 2.24) is 0 Å². The van der Waals surface area contributed by atoms with Crippen LogP contribution in [0.1, 0.15) is 45.4 Å². The average Bonchev–Trinajstić information content (AvgIpc) is 2.14. The zero-order chi connectivity index (χ0) is 11.8. The summed E-state index contributed by atoms with van der Waals surface area (Å²) in [5.74, 6) is 2.45. The van der Waals surface area contributed by atoms with Gasteiger partial charge in [-0.3, -0.25) is 0 Å². The van der Waals surface area contributed by atoms with Crippen LogP contribution in [0.15, 0.2) is 12.7 Å². The Labute approximate surface area is 97.7 Å². The fraction of sp³-hybridized carbons (Fsp3) is 0.786. The molecule has 4 aliphatic carbocycles. The molecule has 0 aromatic rings. The minimum Gasteiger partial charge on any atom is -0.478 e. The van der Waals surface area contributed by atoms with Crippen LogP contribution in [0, 0.1) is 23.2 Å². The first kappa shape index (κ1) is 11.7. The van der Waals surface area contributed by atoms with Gasteiger partial charge in [0.15, 0.2) is 0 Å². The van der Waals surface area contributed by atoms with Crippen LogP contribution in [-0.4, -0.2) is 11.1 Å². The van der Waals surface area contributed by atoms with Crippen molar-refractivity contribution in [3.05, 3.63) is 12.7 Å². The summed E-state index contributed by atoms with van der Waals surface area (Å²) in [5, 5.41) is 7.60. The zero-order valence-corrected chi connectivity index (χ0v) is 10.1. The minimum atomic E-state index is -0.981. The Morgan fingerprint density at radius 3 is 1.69 bits per heavy atom. The van der Waals surface area contributed by atoms with E-state index in [2.05, 4.69) is 13.5 Å². The van der Waals surface area contributed by atoms with E-state index in [1.165, 1.54) is 0 Å². The molecule has 0 aromatic heterocycles. The van der Waals surface area contributed by atoms with Gasteiger partial charge in [-0.1, -0.05) is 13.5 Å². The molecule has 16 heavy (non-hydrogen) atoms. The lowest BCUT2D eigenvalue weighted by Crippen LogP contribution is -2.44.